The summed E-state index contributed by atoms with van der Waals surface area (Å²) in [5.41, 5.74) is 0.916. The van der Waals surface area contributed by atoms with E-state index in [4.69, 9.17) is 25.8 Å². The Labute approximate surface area is 190 Å². The van der Waals surface area contributed by atoms with Crippen LogP contribution in [0.2, 0.25) is 0 Å². The van der Waals surface area contributed by atoms with Gasteiger partial charge in [-0.15, -0.1) is 0 Å². The summed E-state index contributed by atoms with van der Waals surface area (Å²) in [7, 11) is 2.98. The molecule has 168 valence electrons. The summed E-state index contributed by atoms with van der Waals surface area (Å²) in [6.07, 6.45) is 1.69. The Hall–Kier alpha value is -3.52. The van der Waals surface area contributed by atoms with Crippen molar-refractivity contribution < 1.29 is 28.6 Å². The van der Waals surface area contributed by atoms with Gasteiger partial charge in [0, 0.05) is 6.07 Å². The van der Waals surface area contributed by atoms with Crippen LogP contribution in [0.25, 0.3) is 0 Å². The van der Waals surface area contributed by atoms with Crippen molar-refractivity contribution >= 4 is 40.8 Å². The third-order valence-electron chi connectivity index (χ3n) is 4.79. The van der Waals surface area contributed by atoms with Crippen LogP contribution in [0.5, 0.6) is 11.5 Å². The number of esters is 1. The first-order valence-corrected chi connectivity index (χ1v) is 10.3. The fourth-order valence-corrected chi connectivity index (χ4v) is 3.24. The first-order chi connectivity index (χ1) is 15.4. The third kappa shape index (κ3) is 4.70. The molecule has 0 aromatic heterocycles. The van der Waals surface area contributed by atoms with Gasteiger partial charge in [-0.1, -0.05) is 24.9 Å². The number of imide groups is 1. The topological polar surface area (TPSA) is 94.2 Å². The van der Waals surface area contributed by atoms with Crippen LogP contribution < -0.4 is 19.7 Å². The van der Waals surface area contributed by atoms with E-state index in [1.54, 1.807) is 18.2 Å². The Balaban J connectivity index is 1.80. The zero-order valence-corrected chi connectivity index (χ0v) is 18.7. The second-order valence-corrected chi connectivity index (χ2v) is 7.24. The standard InChI is InChI=1S/C23H23ClN2O6/c1-4-5-12-32-23(29)14-6-8-15(9-7-14)26-21(27)19(24)20(22(26)28)25-17-13-16(30-2)10-11-18(17)31-3/h6-11,13,25H,4-5,12H2,1-3H3. The minimum Gasteiger partial charge on any atom is -0.497 e. The van der Waals surface area contributed by atoms with Gasteiger partial charge < -0.3 is 19.5 Å². The zero-order valence-electron chi connectivity index (χ0n) is 17.9. The molecule has 0 atom stereocenters. The average molecular weight is 459 g/mol. The Morgan fingerprint density at radius 1 is 1.03 bits per heavy atom. The molecule has 0 saturated carbocycles. The van der Waals surface area contributed by atoms with Crippen molar-refractivity contribution in [3.05, 3.63) is 58.8 Å². The summed E-state index contributed by atoms with van der Waals surface area (Å²) in [4.78, 5) is 38.7. The number of carbonyl (C=O) groups is 3. The second kappa shape index (κ2) is 10.2. The summed E-state index contributed by atoms with van der Waals surface area (Å²) in [5.74, 6) is -0.817. The number of halogens is 1. The number of benzene rings is 2. The molecular weight excluding hydrogens is 436 g/mol. The van der Waals surface area contributed by atoms with Gasteiger partial charge in [-0.2, -0.15) is 0 Å². The Morgan fingerprint density at radius 2 is 1.75 bits per heavy atom. The van der Waals surface area contributed by atoms with E-state index in [-0.39, 0.29) is 16.4 Å². The molecule has 1 heterocycles. The van der Waals surface area contributed by atoms with Gasteiger partial charge in [0.1, 0.15) is 22.2 Å². The van der Waals surface area contributed by atoms with Gasteiger partial charge in [0.05, 0.1) is 37.8 Å². The monoisotopic (exact) mass is 458 g/mol. The molecule has 0 aliphatic carbocycles. The maximum atomic E-state index is 13.0. The van der Waals surface area contributed by atoms with E-state index in [1.165, 1.54) is 38.5 Å². The molecule has 0 spiro atoms. The highest BCUT2D eigenvalue weighted by Crippen LogP contribution is 2.34. The van der Waals surface area contributed by atoms with E-state index >= 15 is 0 Å². The molecule has 0 unspecified atom stereocenters. The minimum absolute atomic E-state index is 0.0914. The Kier molecular flexibility index (Phi) is 7.37. The van der Waals surface area contributed by atoms with Gasteiger partial charge in [-0.05, 0) is 42.8 Å². The van der Waals surface area contributed by atoms with Crippen LogP contribution in [0, 0.1) is 0 Å². The number of nitrogens with zero attached hydrogens (tertiary/aromatic N) is 1. The molecule has 3 rings (SSSR count). The number of rotatable bonds is 9. The summed E-state index contributed by atoms with van der Waals surface area (Å²) >= 11 is 6.20. The van der Waals surface area contributed by atoms with Crippen LogP contribution in [0.3, 0.4) is 0 Å². The van der Waals surface area contributed by atoms with Gasteiger partial charge in [0.2, 0.25) is 0 Å². The molecule has 32 heavy (non-hydrogen) atoms. The molecule has 0 radical (unpaired) electrons. The van der Waals surface area contributed by atoms with Crippen molar-refractivity contribution in [3.8, 4) is 11.5 Å². The molecule has 1 aliphatic rings. The van der Waals surface area contributed by atoms with Crippen molar-refractivity contribution in [2.45, 2.75) is 19.8 Å². The van der Waals surface area contributed by atoms with Crippen LogP contribution in [0.4, 0.5) is 11.4 Å². The van der Waals surface area contributed by atoms with Crippen LogP contribution in [0.1, 0.15) is 30.1 Å². The quantitative estimate of drug-likeness (QED) is 0.343. The molecule has 9 heteroatoms. The van der Waals surface area contributed by atoms with Crippen LogP contribution in [-0.2, 0) is 14.3 Å². The fourth-order valence-electron chi connectivity index (χ4n) is 3.03. The zero-order chi connectivity index (χ0) is 23.3. The minimum atomic E-state index is -0.681. The van der Waals surface area contributed by atoms with E-state index in [0.717, 1.165) is 17.7 Å². The summed E-state index contributed by atoms with van der Waals surface area (Å²) in [6, 6.07) is 10.9. The Morgan fingerprint density at radius 3 is 2.38 bits per heavy atom. The largest absolute Gasteiger partial charge is 0.497 e. The van der Waals surface area contributed by atoms with Gasteiger partial charge >= 0.3 is 5.97 Å². The van der Waals surface area contributed by atoms with Crippen molar-refractivity contribution in [1.29, 1.82) is 0 Å². The lowest BCUT2D eigenvalue weighted by Crippen LogP contribution is -2.32. The molecule has 2 aromatic rings. The first-order valence-electron chi connectivity index (χ1n) is 9.96. The van der Waals surface area contributed by atoms with Crippen molar-refractivity contribution in [2.75, 3.05) is 31.0 Å². The van der Waals surface area contributed by atoms with Crippen molar-refractivity contribution in [1.82, 2.24) is 0 Å². The van der Waals surface area contributed by atoms with Gasteiger partial charge in [-0.25, -0.2) is 9.69 Å². The molecule has 2 aromatic carbocycles. The lowest BCUT2D eigenvalue weighted by atomic mass is 10.2. The van der Waals surface area contributed by atoms with Crippen molar-refractivity contribution in [2.24, 2.45) is 0 Å². The highest BCUT2D eigenvalue weighted by atomic mass is 35.5. The van der Waals surface area contributed by atoms with Crippen LogP contribution in [-0.4, -0.2) is 38.6 Å². The summed E-state index contributed by atoms with van der Waals surface area (Å²) < 4.78 is 15.7. The lowest BCUT2D eigenvalue weighted by molar-refractivity contribution is -0.120. The molecule has 1 N–H and O–H groups in total. The normalized spacial score (nSPS) is 13.4. The first kappa shape index (κ1) is 23.1. The SMILES string of the molecule is CCCCOC(=O)c1ccc(N2C(=O)C(Cl)=C(Nc3cc(OC)ccc3OC)C2=O)cc1. The number of hydrogen-bond acceptors (Lipinski definition) is 7. The molecule has 0 saturated heterocycles. The number of anilines is 2. The number of methoxy groups -OCH3 is 2. The van der Waals surface area contributed by atoms with E-state index in [0.29, 0.717) is 29.4 Å². The molecule has 8 nitrogen and oxygen atoms in total. The second-order valence-electron chi connectivity index (χ2n) is 6.86. The smallest absolute Gasteiger partial charge is 0.338 e. The average Bonchev–Trinajstić information content (AvgIpc) is 3.02. The third-order valence-corrected chi connectivity index (χ3v) is 5.14. The van der Waals surface area contributed by atoms with Gasteiger partial charge in [0.15, 0.2) is 0 Å². The van der Waals surface area contributed by atoms with Crippen LogP contribution in [0.15, 0.2) is 53.2 Å². The molecule has 0 bridgehead atoms. The van der Waals surface area contributed by atoms with Crippen LogP contribution >= 0.6 is 11.6 Å². The predicted molar refractivity (Wildman–Crippen MR) is 120 cm³/mol. The van der Waals surface area contributed by atoms with Gasteiger partial charge in [0.25, 0.3) is 11.8 Å². The number of hydrogen-bond donors (Lipinski definition) is 1. The van der Waals surface area contributed by atoms with E-state index in [1.807, 2.05) is 6.92 Å². The molecule has 0 fully saturated rings. The highest BCUT2D eigenvalue weighted by Gasteiger charge is 2.39. The van der Waals surface area contributed by atoms with Crippen molar-refractivity contribution in [3.63, 3.8) is 0 Å². The number of nitrogens with one attached hydrogen (secondary N) is 1. The number of amides is 2. The maximum absolute atomic E-state index is 13.0. The van der Waals surface area contributed by atoms with E-state index in [9.17, 15) is 14.4 Å². The summed E-state index contributed by atoms with van der Waals surface area (Å²) in [5, 5.41) is 2.62. The van der Waals surface area contributed by atoms with E-state index in [2.05, 4.69) is 5.32 Å². The Bertz CT molecular complexity index is 1060. The molecule has 1 aliphatic heterocycles. The number of ether oxygens (including phenoxy) is 3. The maximum Gasteiger partial charge on any atom is 0.338 e. The number of unbranched alkanes of at least 4 members (excludes halogenated alkanes) is 1. The molecular formula is C23H23ClN2O6. The predicted octanol–water partition coefficient (Wildman–Crippen LogP) is 4.10. The van der Waals surface area contributed by atoms with Gasteiger partial charge in [-0.3, -0.25) is 9.59 Å². The molecule has 2 amide bonds. The fraction of sp³-hybridized carbons (Fsp3) is 0.261. The summed E-state index contributed by atoms with van der Waals surface area (Å²) in [6.45, 7) is 2.34. The lowest BCUT2D eigenvalue weighted by Gasteiger charge is -2.16. The highest BCUT2D eigenvalue weighted by molar-refractivity contribution is 6.53. The van der Waals surface area contributed by atoms with E-state index < -0.39 is 17.8 Å². The number of carbonyl (C=O) groups excluding carboxylic acids is 3.